The lowest BCUT2D eigenvalue weighted by Gasteiger charge is -2.05. The highest BCUT2D eigenvalue weighted by molar-refractivity contribution is 6.01. The molecule has 1 aromatic heterocycles. The van der Waals surface area contributed by atoms with Gasteiger partial charge < -0.3 is 14.5 Å². The number of furan rings is 1. The summed E-state index contributed by atoms with van der Waals surface area (Å²) in [6.07, 6.45) is 4.43. The van der Waals surface area contributed by atoms with Crippen LogP contribution in [0.15, 0.2) is 52.8 Å². The predicted molar refractivity (Wildman–Crippen MR) is 77.1 cm³/mol. The van der Waals surface area contributed by atoms with Crippen molar-refractivity contribution in [1.29, 1.82) is 5.26 Å². The highest BCUT2D eigenvalue weighted by Crippen LogP contribution is 2.11. The van der Waals surface area contributed by atoms with E-state index in [9.17, 15) is 4.79 Å². The molecule has 1 heterocycles. The van der Waals surface area contributed by atoms with E-state index in [0.29, 0.717) is 12.1 Å². The largest absolute Gasteiger partial charge is 0.497 e. The topological polar surface area (TPSA) is 75.3 Å². The number of ether oxygens (including phenoxy) is 1. The number of benzene rings is 1. The molecule has 0 spiro atoms. The first-order valence-corrected chi connectivity index (χ1v) is 6.28. The van der Waals surface area contributed by atoms with Crippen molar-refractivity contribution in [3.05, 3.63) is 59.6 Å². The molecule has 0 radical (unpaired) electrons. The number of methoxy groups -OCH3 is 1. The zero-order valence-corrected chi connectivity index (χ0v) is 11.5. The number of carbonyl (C=O) groups is 1. The summed E-state index contributed by atoms with van der Waals surface area (Å²) < 4.78 is 9.95. The van der Waals surface area contributed by atoms with Crippen LogP contribution >= 0.6 is 0 Å². The van der Waals surface area contributed by atoms with Crippen LogP contribution in [-0.4, -0.2) is 13.0 Å². The molecule has 0 fully saturated rings. The number of hydrogen-bond acceptors (Lipinski definition) is 4. The fourth-order valence-corrected chi connectivity index (χ4v) is 1.69. The van der Waals surface area contributed by atoms with Crippen LogP contribution in [0, 0.1) is 11.3 Å². The van der Waals surface area contributed by atoms with Gasteiger partial charge in [-0.15, -0.1) is 0 Å². The molecule has 0 saturated heterocycles. The van der Waals surface area contributed by atoms with Crippen LogP contribution in [0.25, 0.3) is 6.08 Å². The Labute approximate surface area is 122 Å². The molecule has 1 aromatic carbocycles. The number of carbonyl (C=O) groups excluding carboxylic acids is 1. The zero-order chi connectivity index (χ0) is 15.1. The smallest absolute Gasteiger partial charge is 0.262 e. The van der Waals surface area contributed by atoms with E-state index in [1.807, 2.05) is 30.3 Å². The van der Waals surface area contributed by atoms with Crippen molar-refractivity contribution in [2.75, 3.05) is 7.11 Å². The molecule has 2 rings (SSSR count). The maximum absolute atomic E-state index is 11.9. The standard InChI is InChI=1S/C16H14N2O3/c1-20-15-4-2-12(3-5-15)10-18-16(19)14(9-17)8-13-6-7-21-11-13/h2-8,11H,10H2,1H3,(H,18,19)/b14-8+. The summed E-state index contributed by atoms with van der Waals surface area (Å²) in [6, 6.07) is 10.9. The number of hydrogen-bond donors (Lipinski definition) is 1. The lowest BCUT2D eigenvalue weighted by molar-refractivity contribution is -0.117. The molecule has 0 saturated carbocycles. The molecule has 106 valence electrons. The normalized spacial score (nSPS) is 10.8. The predicted octanol–water partition coefficient (Wildman–Crippen LogP) is 2.51. The number of nitriles is 1. The van der Waals surface area contributed by atoms with Crippen molar-refractivity contribution in [3.8, 4) is 11.8 Å². The Morgan fingerprint density at radius 1 is 1.38 bits per heavy atom. The first-order valence-electron chi connectivity index (χ1n) is 6.28. The van der Waals surface area contributed by atoms with Crippen molar-refractivity contribution in [3.63, 3.8) is 0 Å². The van der Waals surface area contributed by atoms with Crippen molar-refractivity contribution < 1.29 is 13.9 Å². The first kappa shape index (κ1) is 14.4. The fraction of sp³-hybridized carbons (Fsp3) is 0.125. The van der Waals surface area contributed by atoms with Crippen molar-refractivity contribution in [2.45, 2.75) is 6.54 Å². The van der Waals surface area contributed by atoms with Gasteiger partial charge in [0.05, 0.1) is 19.6 Å². The Hall–Kier alpha value is -3.00. The van der Waals surface area contributed by atoms with Crippen LogP contribution in [0.3, 0.4) is 0 Å². The van der Waals surface area contributed by atoms with E-state index >= 15 is 0 Å². The van der Waals surface area contributed by atoms with Gasteiger partial charge in [-0.25, -0.2) is 0 Å². The minimum absolute atomic E-state index is 0.0323. The van der Waals surface area contributed by atoms with E-state index in [2.05, 4.69) is 5.32 Å². The van der Waals surface area contributed by atoms with Gasteiger partial charge in [-0.05, 0) is 29.8 Å². The number of nitrogens with one attached hydrogen (secondary N) is 1. The molecule has 0 atom stereocenters. The molecular formula is C16H14N2O3. The van der Waals surface area contributed by atoms with Gasteiger partial charge in [0.1, 0.15) is 17.4 Å². The molecule has 2 aromatic rings. The van der Waals surface area contributed by atoms with E-state index in [0.717, 1.165) is 11.3 Å². The summed E-state index contributed by atoms with van der Waals surface area (Å²) >= 11 is 0. The molecule has 5 heteroatoms. The minimum Gasteiger partial charge on any atom is -0.497 e. The van der Waals surface area contributed by atoms with Crippen molar-refractivity contribution in [2.24, 2.45) is 0 Å². The van der Waals surface area contributed by atoms with Crippen LogP contribution in [0.2, 0.25) is 0 Å². The lowest BCUT2D eigenvalue weighted by Crippen LogP contribution is -2.23. The van der Waals surface area contributed by atoms with Crippen LogP contribution in [0.5, 0.6) is 5.75 Å². The fourth-order valence-electron chi connectivity index (χ4n) is 1.69. The van der Waals surface area contributed by atoms with E-state index in [4.69, 9.17) is 14.4 Å². The molecule has 21 heavy (non-hydrogen) atoms. The quantitative estimate of drug-likeness (QED) is 0.675. The van der Waals surface area contributed by atoms with Gasteiger partial charge in [-0.1, -0.05) is 12.1 Å². The van der Waals surface area contributed by atoms with Gasteiger partial charge in [-0.2, -0.15) is 5.26 Å². The average molecular weight is 282 g/mol. The molecule has 0 aliphatic rings. The molecule has 1 amide bonds. The second-order valence-corrected chi connectivity index (χ2v) is 4.26. The van der Waals surface area contributed by atoms with E-state index < -0.39 is 5.91 Å². The van der Waals surface area contributed by atoms with Gasteiger partial charge in [0.15, 0.2) is 0 Å². The highest BCUT2D eigenvalue weighted by atomic mass is 16.5. The van der Waals surface area contributed by atoms with E-state index in [-0.39, 0.29) is 5.57 Å². The Morgan fingerprint density at radius 2 is 2.14 bits per heavy atom. The molecule has 0 bridgehead atoms. The first-order chi connectivity index (χ1) is 10.2. The minimum atomic E-state index is -0.422. The number of rotatable bonds is 5. The lowest BCUT2D eigenvalue weighted by atomic mass is 10.1. The summed E-state index contributed by atoms with van der Waals surface area (Å²) in [7, 11) is 1.59. The van der Waals surface area contributed by atoms with Gasteiger partial charge in [0.2, 0.25) is 0 Å². The molecule has 5 nitrogen and oxygen atoms in total. The summed E-state index contributed by atoms with van der Waals surface area (Å²) in [5.74, 6) is 0.331. The summed E-state index contributed by atoms with van der Waals surface area (Å²) in [5.41, 5.74) is 1.63. The molecule has 0 unspecified atom stereocenters. The highest BCUT2D eigenvalue weighted by Gasteiger charge is 2.09. The second-order valence-electron chi connectivity index (χ2n) is 4.26. The molecule has 0 aliphatic carbocycles. The Bertz CT molecular complexity index is 665. The third-order valence-electron chi connectivity index (χ3n) is 2.83. The van der Waals surface area contributed by atoms with E-state index in [1.165, 1.54) is 18.6 Å². The molecular weight excluding hydrogens is 268 g/mol. The third-order valence-corrected chi connectivity index (χ3v) is 2.83. The number of amides is 1. The van der Waals surface area contributed by atoms with Crippen molar-refractivity contribution in [1.82, 2.24) is 5.32 Å². The van der Waals surface area contributed by atoms with Crippen LogP contribution in [0.4, 0.5) is 0 Å². The van der Waals surface area contributed by atoms with Gasteiger partial charge in [0.25, 0.3) is 5.91 Å². The maximum Gasteiger partial charge on any atom is 0.262 e. The molecule has 0 aliphatic heterocycles. The van der Waals surface area contributed by atoms with Crippen LogP contribution in [0.1, 0.15) is 11.1 Å². The zero-order valence-electron chi connectivity index (χ0n) is 11.5. The SMILES string of the molecule is COc1ccc(CNC(=O)/C(C#N)=C/c2ccoc2)cc1. The summed E-state index contributed by atoms with van der Waals surface area (Å²) in [6.45, 7) is 0.341. The summed E-state index contributed by atoms with van der Waals surface area (Å²) in [5, 5.41) is 11.7. The summed E-state index contributed by atoms with van der Waals surface area (Å²) in [4.78, 5) is 11.9. The van der Waals surface area contributed by atoms with E-state index in [1.54, 1.807) is 13.2 Å². The van der Waals surface area contributed by atoms with Crippen LogP contribution in [-0.2, 0) is 11.3 Å². The monoisotopic (exact) mass is 282 g/mol. The maximum atomic E-state index is 11.9. The van der Waals surface area contributed by atoms with Crippen LogP contribution < -0.4 is 10.1 Å². The van der Waals surface area contributed by atoms with Gasteiger partial charge in [0, 0.05) is 12.1 Å². The van der Waals surface area contributed by atoms with Gasteiger partial charge in [-0.3, -0.25) is 4.79 Å². The van der Waals surface area contributed by atoms with Gasteiger partial charge >= 0.3 is 0 Å². The Morgan fingerprint density at radius 3 is 2.71 bits per heavy atom. The number of nitrogens with zero attached hydrogens (tertiary/aromatic N) is 1. The third kappa shape index (κ3) is 3.98. The Balaban J connectivity index is 1.98. The average Bonchev–Trinajstić information content (AvgIpc) is 3.03. The van der Waals surface area contributed by atoms with Crippen molar-refractivity contribution >= 4 is 12.0 Å². The second kappa shape index (κ2) is 6.96. The molecule has 1 N–H and O–H groups in total. The Kier molecular flexibility index (Phi) is 4.78.